The molecular weight excluding hydrogens is 264 g/mol. The van der Waals surface area contributed by atoms with Gasteiger partial charge in [0.2, 0.25) is 0 Å². The maximum atomic E-state index is 12.3. The average molecular weight is 277 g/mol. The van der Waals surface area contributed by atoms with Gasteiger partial charge in [-0.2, -0.15) is 0 Å². The van der Waals surface area contributed by atoms with Crippen LogP contribution in [0.3, 0.4) is 0 Å². The van der Waals surface area contributed by atoms with Crippen LogP contribution in [-0.2, 0) is 0 Å². The van der Waals surface area contributed by atoms with Crippen LogP contribution in [0.5, 0.6) is 0 Å². The predicted octanol–water partition coefficient (Wildman–Crippen LogP) is 1.82. The Labute approximate surface area is 116 Å². The highest BCUT2D eigenvalue weighted by atomic mass is 35.5. The second kappa shape index (κ2) is 4.99. The van der Waals surface area contributed by atoms with Gasteiger partial charge in [0.25, 0.3) is 11.8 Å². The molecule has 2 N–H and O–H groups in total. The highest BCUT2D eigenvalue weighted by Gasteiger charge is 2.31. The van der Waals surface area contributed by atoms with E-state index < -0.39 is 0 Å². The standard InChI is InChI=1S/C14H12N2O2.ClH/c15-7-8-16-13(17)10-5-1-3-9-4-2-6-11(12(9)10)14(16)18;/h1-6H,7-8,15H2;1H. The zero-order chi connectivity index (χ0) is 12.7. The van der Waals surface area contributed by atoms with Gasteiger partial charge in [-0.15, -0.1) is 12.4 Å². The molecule has 2 aromatic carbocycles. The van der Waals surface area contributed by atoms with Crippen LogP contribution in [0.2, 0.25) is 0 Å². The zero-order valence-electron chi connectivity index (χ0n) is 10.1. The molecule has 0 radical (unpaired) electrons. The van der Waals surface area contributed by atoms with Crippen LogP contribution in [0.15, 0.2) is 36.4 Å². The van der Waals surface area contributed by atoms with Crippen molar-refractivity contribution in [1.82, 2.24) is 4.90 Å². The van der Waals surface area contributed by atoms with Crippen LogP contribution < -0.4 is 5.73 Å². The Morgan fingerprint density at radius 2 is 1.47 bits per heavy atom. The number of carbonyl (C=O) groups excluding carboxylic acids is 2. The second-order valence-electron chi connectivity index (χ2n) is 4.26. The number of carbonyl (C=O) groups is 2. The molecule has 5 heteroatoms. The van der Waals surface area contributed by atoms with E-state index in [1.54, 1.807) is 12.1 Å². The van der Waals surface area contributed by atoms with Gasteiger partial charge in [-0.05, 0) is 17.5 Å². The summed E-state index contributed by atoms with van der Waals surface area (Å²) < 4.78 is 0. The number of nitrogens with two attached hydrogens (primary N) is 1. The van der Waals surface area contributed by atoms with Gasteiger partial charge >= 0.3 is 0 Å². The zero-order valence-corrected chi connectivity index (χ0v) is 10.9. The molecular formula is C14H13ClN2O2. The molecule has 2 aromatic rings. The lowest BCUT2D eigenvalue weighted by Crippen LogP contribution is -2.42. The van der Waals surface area contributed by atoms with E-state index in [4.69, 9.17) is 5.73 Å². The summed E-state index contributed by atoms with van der Waals surface area (Å²) in [6.45, 7) is 0.526. The smallest absolute Gasteiger partial charge is 0.261 e. The first kappa shape index (κ1) is 13.5. The van der Waals surface area contributed by atoms with E-state index in [2.05, 4.69) is 0 Å². The maximum absolute atomic E-state index is 12.3. The normalized spacial score (nSPS) is 13.6. The van der Waals surface area contributed by atoms with Gasteiger partial charge in [0.1, 0.15) is 0 Å². The van der Waals surface area contributed by atoms with Gasteiger partial charge in [0, 0.05) is 29.6 Å². The highest BCUT2D eigenvalue weighted by molar-refractivity contribution is 6.25. The molecule has 0 aliphatic carbocycles. The third-order valence-electron chi connectivity index (χ3n) is 3.21. The molecule has 1 aliphatic rings. The summed E-state index contributed by atoms with van der Waals surface area (Å²) in [6.07, 6.45) is 0. The summed E-state index contributed by atoms with van der Waals surface area (Å²) in [4.78, 5) is 25.7. The van der Waals surface area contributed by atoms with Crippen molar-refractivity contribution in [3.05, 3.63) is 47.5 Å². The number of amides is 2. The molecule has 1 heterocycles. The molecule has 2 amide bonds. The summed E-state index contributed by atoms with van der Waals surface area (Å²) in [7, 11) is 0. The molecule has 98 valence electrons. The van der Waals surface area contributed by atoms with E-state index in [0.29, 0.717) is 11.1 Å². The second-order valence-corrected chi connectivity index (χ2v) is 4.26. The van der Waals surface area contributed by atoms with Crippen molar-refractivity contribution < 1.29 is 9.59 Å². The van der Waals surface area contributed by atoms with Crippen molar-refractivity contribution in [1.29, 1.82) is 0 Å². The molecule has 0 spiro atoms. The van der Waals surface area contributed by atoms with Crippen molar-refractivity contribution in [2.75, 3.05) is 13.1 Å². The maximum Gasteiger partial charge on any atom is 0.261 e. The van der Waals surface area contributed by atoms with E-state index in [1.807, 2.05) is 24.3 Å². The highest BCUT2D eigenvalue weighted by Crippen LogP contribution is 2.29. The van der Waals surface area contributed by atoms with Crippen molar-refractivity contribution in [3.63, 3.8) is 0 Å². The summed E-state index contributed by atoms with van der Waals surface area (Å²) >= 11 is 0. The molecule has 4 nitrogen and oxygen atoms in total. The molecule has 0 unspecified atom stereocenters. The van der Waals surface area contributed by atoms with Gasteiger partial charge in [-0.1, -0.05) is 24.3 Å². The topological polar surface area (TPSA) is 63.4 Å². The van der Waals surface area contributed by atoms with Gasteiger partial charge in [-0.3, -0.25) is 14.5 Å². The Morgan fingerprint density at radius 3 is 1.95 bits per heavy atom. The number of hydrogen-bond acceptors (Lipinski definition) is 3. The van der Waals surface area contributed by atoms with E-state index in [0.717, 1.165) is 10.8 Å². The SMILES string of the molecule is Cl.NCCN1C(=O)c2cccc3cccc(c23)C1=O. The summed E-state index contributed by atoms with van der Waals surface area (Å²) in [6, 6.07) is 11.0. The lowest BCUT2D eigenvalue weighted by Gasteiger charge is -2.26. The van der Waals surface area contributed by atoms with E-state index in [9.17, 15) is 9.59 Å². The summed E-state index contributed by atoms with van der Waals surface area (Å²) in [5.41, 5.74) is 6.61. The molecule has 0 aromatic heterocycles. The quantitative estimate of drug-likeness (QED) is 0.851. The van der Waals surface area contributed by atoms with Crippen LogP contribution >= 0.6 is 12.4 Å². The molecule has 19 heavy (non-hydrogen) atoms. The molecule has 1 aliphatic heterocycles. The molecule has 0 saturated carbocycles. The molecule has 0 atom stereocenters. The first-order valence-corrected chi connectivity index (χ1v) is 5.82. The van der Waals surface area contributed by atoms with Crippen molar-refractivity contribution in [3.8, 4) is 0 Å². The lowest BCUT2D eigenvalue weighted by molar-refractivity contribution is 0.0615. The number of hydrogen-bond donors (Lipinski definition) is 1. The van der Waals surface area contributed by atoms with Gasteiger partial charge in [-0.25, -0.2) is 0 Å². The van der Waals surface area contributed by atoms with Crippen LogP contribution in [0.25, 0.3) is 10.8 Å². The van der Waals surface area contributed by atoms with E-state index >= 15 is 0 Å². The van der Waals surface area contributed by atoms with Gasteiger partial charge < -0.3 is 5.73 Å². The van der Waals surface area contributed by atoms with Crippen molar-refractivity contribution in [2.45, 2.75) is 0 Å². The summed E-state index contributed by atoms with van der Waals surface area (Å²) in [5.74, 6) is -0.510. The number of rotatable bonds is 2. The third kappa shape index (κ3) is 1.89. The van der Waals surface area contributed by atoms with E-state index in [-0.39, 0.29) is 37.3 Å². The Hall–Kier alpha value is -1.91. The monoisotopic (exact) mass is 276 g/mol. The fraction of sp³-hybridized carbons (Fsp3) is 0.143. The molecule has 0 fully saturated rings. The first-order chi connectivity index (χ1) is 8.74. The Balaban J connectivity index is 0.00000133. The van der Waals surface area contributed by atoms with Crippen LogP contribution in [0, 0.1) is 0 Å². The Morgan fingerprint density at radius 1 is 0.947 bits per heavy atom. The Kier molecular flexibility index (Phi) is 3.55. The minimum absolute atomic E-state index is 0. The summed E-state index contributed by atoms with van der Waals surface area (Å²) in [5, 5.41) is 1.67. The molecule has 0 saturated heterocycles. The number of imide groups is 1. The van der Waals surface area contributed by atoms with Crippen molar-refractivity contribution in [2.24, 2.45) is 5.73 Å². The first-order valence-electron chi connectivity index (χ1n) is 5.82. The minimum Gasteiger partial charge on any atom is -0.329 e. The fourth-order valence-electron chi connectivity index (χ4n) is 2.41. The number of nitrogens with zero attached hydrogens (tertiary/aromatic N) is 1. The molecule has 0 bridgehead atoms. The van der Waals surface area contributed by atoms with Crippen LogP contribution in [0.4, 0.5) is 0 Å². The van der Waals surface area contributed by atoms with Gasteiger partial charge in [0.05, 0.1) is 0 Å². The Bertz CT molecular complexity index is 619. The van der Waals surface area contributed by atoms with Crippen LogP contribution in [-0.4, -0.2) is 29.8 Å². The molecule has 3 rings (SSSR count). The van der Waals surface area contributed by atoms with Crippen molar-refractivity contribution >= 4 is 35.0 Å². The van der Waals surface area contributed by atoms with Crippen LogP contribution in [0.1, 0.15) is 20.7 Å². The fourth-order valence-corrected chi connectivity index (χ4v) is 2.41. The third-order valence-corrected chi connectivity index (χ3v) is 3.21. The minimum atomic E-state index is -0.255. The van der Waals surface area contributed by atoms with Gasteiger partial charge in [0.15, 0.2) is 0 Å². The van der Waals surface area contributed by atoms with E-state index in [1.165, 1.54) is 4.90 Å². The number of halogens is 1. The predicted molar refractivity (Wildman–Crippen MR) is 75.6 cm³/mol. The average Bonchev–Trinajstić information content (AvgIpc) is 2.40. The lowest BCUT2D eigenvalue weighted by atomic mass is 9.94. The largest absolute Gasteiger partial charge is 0.329 e. The number of benzene rings is 2.